The first-order valence-corrected chi connectivity index (χ1v) is 7.38. The van der Waals surface area contributed by atoms with E-state index in [9.17, 15) is 0 Å². The number of rotatable bonds is 5. The highest BCUT2D eigenvalue weighted by Crippen LogP contribution is 2.26. The van der Waals surface area contributed by atoms with Gasteiger partial charge in [-0.3, -0.25) is 0 Å². The van der Waals surface area contributed by atoms with E-state index in [-0.39, 0.29) is 5.54 Å². The SMILES string of the molecule is CCC(CC)(CCl)Nc1nc2ccccc2cc1C. The van der Waals surface area contributed by atoms with Crippen LogP contribution in [0.2, 0.25) is 0 Å². The molecular formula is C16H21ClN2. The average molecular weight is 277 g/mol. The Hall–Kier alpha value is -1.28. The van der Waals surface area contributed by atoms with Gasteiger partial charge in [-0.05, 0) is 37.5 Å². The van der Waals surface area contributed by atoms with Crippen molar-refractivity contribution in [1.29, 1.82) is 0 Å². The fraction of sp³-hybridized carbons (Fsp3) is 0.438. The Balaban J connectivity index is 2.42. The Kier molecular flexibility index (Phi) is 4.31. The summed E-state index contributed by atoms with van der Waals surface area (Å²) in [6.45, 7) is 6.41. The van der Waals surface area contributed by atoms with Crippen LogP contribution in [-0.4, -0.2) is 16.4 Å². The highest BCUT2D eigenvalue weighted by atomic mass is 35.5. The molecule has 0 aliphatic heterocycles. The lowest BCUT2D eigenvalue weighted by atomic mass is 9.95. The molecule has 0 fully saturated rings. The largest absolute Gasteiger partial charge is 0.363 e. The maximum Gasteiger partial charge on any atom is 0.130 e. The Morgan fingerprint density at radius 3 is 2.53 bits per heavy atom. The highest BCUT2D eigenvalue weighted by molar-refractivity contribution is 6.18. The molecule has 2 rings (SSSR count). The summed E-state index contributed by atoms with van der Waals surface area (Å²) in [7, 11) is 0. The van der Waals surface area contributed by atoms with Crippen LogP contribution < -0.4 is 5.32 Å². The van der Waals surface area contributed by atoms with Crippen LogP contribution >= 0.6 is 11.6 Å². The standard InChI is InChI=1S/C16H21ClN2/c1-4-16(5-2,11-17)19-15-12(3)10-13-8-6-7-9-14(13)18-15/h6-10H,4-5,11H2,1-3H3,(H,18,19). The Morgan fingerprint density at radius 2 is 1.89 bits per heavy atom. The molecule has 0 radical (unpaired) electrons. The molecule has 0 spiro atoms. The number of nitrogens with zero attached hydrogens (tertiary/aromatic N) is 1. The van der Waals surface area contributed by atoms with Crippen LogP contribution in [0.3, 0.4) is 0 Å². The van der Waals surface area contributed by atoms with Gasteiger partial charge in [-0.15, -0.1) is 11.6 Å². The first-order valence-electron chi connectivity index (χ1n) is 6.84. The number of pyridine rings is 1. The maximum atomic E-state index is 6.15. The van der Waals surface area contributed by atoms with Gasteiger partial charge in [0.25, 0.3) is 0 Å². The molecule has 0 saturated carbocycles. The molecule has 0 aliphatic rings. The summed E-state index contributed by atoms with van der Waals surface area (Å²) in [4.78, 5) is 4.73. The van der Waals surface area contributed by atoms with E-state index in [4.69, 9.17) is 16.6 Å². The van der Waals surface area contributed by atoms with Crippen molar-refractivity contribution in [3.63, 3.8) is 0 Å². The Bertz CT molecular complexity index is 553. The molecule has 0 aliphatic carbocycles. The number of benzene rings is 1. The quantitative estimate of drug-likeness (QED) is 0.797. The summed E-state index contributed by atoms with van der Waals surface area (Å²) in [6.07, 6.45) is 1.97. The minimum absolute atomic E-state index is 0.0677. The van der Waals surface area contributed by atoms with Crippen molar-refractivity contribution < 1.29 is 0 Å². The number of hydrogen-bond acceptors (Lipinski definition) is 2. The molecular weight excluding hydrogens is 256 g/mol. The fourth-order valence-corrected chi connectivity index (χ4v) is 2.69. The van der Waals surface area contributed by atoms with Crippen molar-refractivity contribution in [3.05, 3.63) is 35.9 Å². The minimum Gasteiger partial charge on any atom is -0.363 e. The van der Waals surface area contributed by atoms with Gasteiger partial charge >= 0.3 is 0 Å². The van der Waals surface area contributed by atoms with Crippen LogP contribution in [0.15, 0.2) is 30.3 Å². The molecule has 3 heteroatoms. The molecule has 1 N–H and O–H groups in total. The molecule has 0 unspecified atom stereocenters. The van der Waals surface area contributed by atoms with Gasteiger partial charge in [-0.2, -0.15) is 0 Å². The second-order valence-electron chi connectivity index (χ2n) is 5.09. The highest BCUT2D eigenvalue weighted by Gasteiger charge is 2.25. The van der Waals surface area contributed by atoms with Gasteiger partial charge in [-0.1, -0.05) is 32.0 Å². The van der Waals surface area contributed by atoms with Gasteiger partial charge in [0.1, 0.15) is 5.82 Å². The van der Waals surface area contributed by atoms with Crippen LogP contribution in [0.4, 0.5) is 5.82 Å². The van der Waals surface area contributed by atoms with Crippen molar-refractivity contribution in [3.8, 4) is 0 Å². The number of aryl methyl sites for hydroxylation is 1. The van der Waals surface area contributed by atoms with Crippen LogP contribution in [0.5, 0.6) is 0 Å². The van der Waals surface area contributed by atoms with E-state index in [0.29, 0.717) is 5.88 Å². The summed E-state index contributed by atoms with van der Waals surface area (Å²) in [5.41, 5.74) is 2.11. The molecule has 1 aromatic carbocycles. The number of aromatic nitrogens is 1. The second kappa shape index (κ2) is 5.79. The zero-order chi connectivity index (χ0) is 13.9. The van der Waals surface area contributed by atoms with Crippen LogP contribution in [0.1, 0.15) is 32.3 Å². The monoisotopic (exact) mass is 276 g/mol. The van der Waals surface area contributed by atoms with Crippen molar-refractivity contribution in [1.82, 2.24) is 4.98 Å². The summed E-state index contributed by atoms with van der Waals surface area (Å²) < 4.78 is 0. The van der Waals surface area contributed by atoms with Crippen LogP contribution in [-0.2, 0) is 0 Å². The second-order valence-corrected chi connectivity index (χ2v) is 5.36. The molecule has 0 bridgehead atoms. The molecule has 102 valence electrons. The van der Waals surface area contributed by atoms with E-state index in [1.165, 1.54) is 5.39 Å². The van der Waals surface area contributed by atoms with Gasteiger partial charge in [0.05, 0.1) is 11.1 Å². The number of fused-ring (bicyclic) bond motifs is 1. The predicted molar refractivity (Wildman–Crippen MR) is 84.1 cm³/mol. The van der Waals surface area contributed by atoms with Gasteiger partial charge in [-0.25, -0.2) is 4.98 Å². The molecule has 1 aromatic heterocycles. The van der Waals surface area contributed by atoms with E-state index < -0.39 is 0 Å². The van der Waals surface area contributed by atoms with Crippen molar-refractivity contribution >= 4 is 28.3 Å². The van der Waals surface area contributed by atoms with Crippen molar-refractivity contribution in [2.24, 2.45) is 0 Å². The zero-order valence-corrected chi connectivity index (χ0v) is 12.6. The lowest BCUT2D eigenvalue weighted by molar-refractivity contribution is 0.482. The van der Waals surface area contributed by atoms with E-state index in [1.54, 1.807) is 0 Å². The summed E-state index contributed by atoms with van der Waals surface area (Å²) >= 11 is 6.15. The van der Waals surface area contributed by atoms with Crippen LogP contribution in [0.25, 0.3) is 10.9 Å². The molecule has 2 aromatic rings. The van der Waals surface area contributed by atoms with E-state index in [2.05, 4.69) is 38.2 Å². The van der Waals surface area contributed by atoms with Gasteiger partial charge in [0.15, 0.2) is 0 Å². The third-order valence-electron chi connectivity index (χ3n) is 3.91. The number of hydrogen-bond donors (Lipinski definition) is 1. The molecule has 19 heavy (non-hydrogen) atoms. The van der Waals surface area contributed by atoms with Crippen LogP contribution in [0, 0.1) is 6.92 Å². The predicted octanol–water partition coefficient (Wildman–Crippen LogP) is 4.75. The normalized spacial score (nSPS) is 11.8. The smallest absolute Gasteiger partial charge is 0.130 e. The number of nitrogens with one attached hydrogen (secondary N) is 1. The molecule has 0 amide bonds. The number of alkyl halides is 1. The maximum absolute atomic E-state index is 6.15. The van der Waals surface area contributed by atoms with Crippen molar-refractivity contribution in [2.75, 3.05) is 11.2 Å². The summed E-state index contributed by atoms with van der Waals surface area (Å²) in [6, 6.07) is 10.4. The third kappa shape index (κ3) is 2.84. The molecule has 0 saturated heterocycles. The van der Waals surface area contributed by atoms with Gasteiger partial charge in [0, 0.05) is 11.3 Å². The van der Waals surface area contributed by atoms with E-state index >= 15 is 0 Å². The topological polar surface area (TPSA) is 24.9 Å². The number of para-hydroxylation sites is 1. The Labute approximate surface area is 120 Å². The lowest BCUT2D eigenvalue weighted by Crippen LogP contribution is -2.39. The van der Waals surface area contributed by atoms with E-state index in [1.807, 2.05) is 18.2 Å². The fourth-order valence-electron chi connectivity index (χ4n) is 2.25. The van der Waals surface area contributed by atoms with Gasteiger partial charge < -0.3 is 5.32 Å². The lowest BCUT2D eigenvalue weighted by Gasteiger charge is -2.32. The average Bonchev–Trinajstić information content (AvgIpc) is 2.45. The first kappa shape index (κ1) is 14.1. The molecule has 2 nitrogen and oxygen atoms in total. The number of anilines is 1. The third-order valence-corrected chi connectivity index (χ3v) is 4.42. The zero-order valence-electron chi connectivity index (χ0n) is 11.8. The summed E-state index contributed by atoms with van der Waals surface area (Å²) in [5, 5.41) is 4.73. The summed E-state index contributed by atoms with van der Waals surface area (Å²) in [5.74, 6) is 1.54. The number of halogens is 1. The van der Waals surface area contributed by atoms with E-state index in [0.717, 1.165) is 29.7 Å². The molecule has 0 atom stereocenters. The first-order chi connectivity index (χ1) is 9.14. The van der Waals surface area contributed by atoms with Gasteiger partial charge in [0.2, 0.25) is 0 Å². The van der Waals surface area contributed by atoms with Crippen molar-refractivity contribution in [2.45, 2.75) is 39.2 Å². The molecule has 1 heterocycles. The Morgan fingerprint density at radius 1 is 1.21 bits per heavy atom. The minimum atomic E-state index is -0.0677.